The van der Waals surface area contributed by atoms with Crippen LogP contribution in [0, 0.1) is 0 Å². The summed E-state index contributed by atoms with van der Waals surface area (Å²) in [5.74, 6) is 0.495. The fourth-order valence-corrected chi connectivity index (χ4v) is 2.44. The zero-order valence-electron chi connectivity index (χ0n) is 17.1. The van der Waals surface area contributed by atoms with Crippen LogP contribution in [-0.2, 0) is 4.79 Å². The van der Waals surface area contributed by atoms with E-state index >= 15 is 0 Å². The summed E-state index contributed by atoms with van der Waals surface area (Å²) in [7, 11) is 4.51. The lowest BCUT2D eigenvalue weighted by Crippen LogP contribution is -2.34. The molecule has 0 atom stereocenters. The normalized spacial score (nSPS) is 9.97. The lowest BCUT2D eigenvalue weighted by Gasteiger charge is -2.12. The molecule has 0 fully saturated rings. The van der Waals surface area contributed by atoms with E-state index in [1.54, 1.807) is 43.5 Å². The van der Waals surface area contributed by atoms with Gasteiger partial charge in [-0.1, -0.05) is 0 Å². The van der Waals surface area contributed by atoms with Gasteiger partial charge in [-0.15, -0.1) is 0 Å². The number of carbonyl (C=O) groups is 3. The summed E-state index contributed by atoms with van der Waals surface area (Å²) in [6.07, 6.45) is 0. The predicted octanol–water partition coefficient (Wildman–Crippen LogP) is 0.988. The first-order valence-electron chi connectivity index (χ1n) is 9.20. The van der Waals surface area contributed by atoms with Crippen LogP contribution in [0.1, 0.15) is 20.7 Å². The second-order valence-corrected chi connectivity index (χ2v) is 6.07. The number of benzene rings is 2. The van der Waals surface area contributed by atoms with Crippen molar-refractivity contribution in [1.82, 2.24) is 16.0 Å². The Bertz CT molecular complexity index is 883. The molecule has 0 radical (unpaired) electrons. The van der Waals surface area contributed by atoms with Crippen molar-refractivity contribution in [2.24, 2.45) is 0 Å². The maximum absolute atomic E-state index is 12.3. The molecule has 0 unspecified atom stereocenters. The molecular weight excluding hydrogens is 390 g/mol. The Morgan fingerprint density at radius 3 is 1.97 bits per heavy atom. The molecule has 0 aliphatic carbocycles. The van der Waals surface area contributed by atoms with Crippen LogP contribution in [0.15, 0.2) is 42.5 Å². The summed E-state index contributed by atoms with van der Waals surface area (Å²) in [4.78, 5) is 35.7. The van der Waals surface area contributed by atoms with E-state index in [2.05, 4.69) is 16.0 Å². The van der Waals surface area contributed by atoms with Crippen LogP contribution in [0.5, 0.6) is 17.2 Å². The second-order valence-electron chi connectivity index (χ2n) is 6.07. The molecule has 2 aromatic rings. The third-order valence-electron chi connectivity index (χ3n) is 4.11. The van der Waals surface area contributed by atoms with Crippen LogP contribution in [0.25, 0.3) is 0 Å². The SMILES string of the molecule is CNC(=O)COc1ccc(C(=O)NCCNC(=O)c2ccc(OC)cc2)cc1OC. The molecule has 0 aliphatic heterocycles. The maximum Gasteiger partial charge on any atom is 0.257 e. The Morgan fingerprint density at radius 1 is 0.800 bits per heavy atom. The maximum atomic E-state index is 12.3. The molecule has 0 saturated carbocycles. The minimum absolute atomic E-state index is 0.160. The smallest absolute Gasteiger partial charge is 0.257 e. The van der Waals surface area contributed by atoms with Crippen molar-refractivity contribution in [2.45, 2.75) is 0 Å². The summed E-state index contributed by atoms with van der Waals surface area (Å²) < 4.78 is 15.6. The Morgan fingerprint density at radius 2 is 1.40 bits per heavy atom. The van der Waals surface area contributed by atoms with Crippen molar-refractivity contribution < 1.29 is 28.6 Å². The van der Waals surface area contributed by atoms with Gasteiger partial charge in [0, 0.05) is 31.3 Å². The molecule has 2 aromatic carbocycles. The molecule has 3 N–H and O–H groups in total. The highest BCUT2D eigenvalue weighted by Crippen LogP contribution is 2.28. The van der Waals surface area contributed by atoms with Crippen LogP contribution < -0.4 is 30.2 Å². The van der Waals surface area contributed by atoms with Gasteiger partial charge in [0.15, 0.2) is 18.1 Å². The number of hydrogen-bond acceptors (Lipinski definition) is 6. The molecule has 0 saturated heterocycles. The molecule has 160 valence electrons. The standard InChI is InChI=1S/C21H25N3O6/c1-22-19(25)13-30-17-9-6-15(12-18(17)29-3)21(27)24-11-10-23-20(26)14-4-7-16(28-2)8-5-14/h4-9,12H,10-11,13H2,1-3H3,(H,22,25)(H,23,26)(H,24,27). The van der Waals surface area contributed by atoms with E-state index < -0.39 is 0 Å². The molecule has 0 spiro atoms. The van der Waals surface area contributed by atoms with Crippen molar-refractivity contribution in [2.75, 3.05) is 41.0 Å². The molecular formula is C21H25N3O6. The molecule has 0 aliphatic rings. The quantitative estimate of drug-likeness (QED) is 0.499. The van der Waals surface area contributed by atoms with E-state index in [0.717, 1.165) is 0 Å². The monoisotopic (exact) mass is 415 g/mol. The summed E-state index contributed by atoms with van der Waals surface area (Å²) >= 11 is 0. The lowest BCUT2D eigenvalue weighted by atomic mass is 10.2. The molecule has 9 heteroatoms. The highest BCUT2D eigenvalue weighted by Gasteiger charge is 2.12. The molecule has 0 bridgehead atoms. The summed E-state index contributed by atoms with van der Waals surface area (Å²) in [5, 5.41) is 7.90. The zero-order chi connectivity index (χ0) is 21.9. The van der Waals surface area contributed by atoms with E-state index in [0.29, 0.717) is 28.4 Å². The molecule has 3 amide bonds. The fourth-order valence-electron chi connectivity index (χ4n) is 2.44. The van der Waals surface area contributed by atoms with Gasteiger partial charge in [-0.3, -0.25) is 14.4 Å². The van der Waals surface area contributed by atoms with Crippen LogP contribution in [0.2, 0.25) is 0 Å². The highest BCUT2D eigenvalue weighted by molar-refractivity contribution is 5.95. The van der Waals surface area contributed by atoms with Gasteiger partial charge >= 0.3 is 0 Å². The summed E-state index contributed by atoms with van der Waals surface area (Å²) in [5.41, 5.74) is 0.861. The van der Waals surface area contributed by atoms with Gasteiger partial charge in [0.1, 0.15) is 5.75 Å². The van der Waals surface area contributed by atoms with Gasteiger partial charge in [0.2, 0.25) is 0 Å². The average Bonchev–Trinajstić information content (AvgIpc) is 2.79. The number of rotatable bonds is 10. The zero-order valence-corrected chi connectivity index (χ0v) is 17.1. The number of likely N-dealkylation sites (N-methyl/N-ethyl adjacent to an activating group) is 1. The molecule has 0 heterocycles. The van der Waals surface area contributed by atoms with Crippen molar-refractivity contribution in [3.8, 4) is 17.2 Å². The topological polar surface area (TPSA) is 115 Å². The number of nitrogens with one attached hydrogen (secondary N) is 3. The van der Waals surface area contributed by atoms with Gasteiger partial charge in [-0.25, -0.2) is 0 Å². The van der Waals surface area contributed by atoms with E-state index in [-0.39, 0.29) is 37.4 Å². The Labute approximate surface area is 174 Å². The molecule has 0 aromatic heterocycles. The molecule has 30 heavy (non-hydrogen) atoms. The van der Waals surface area contributed by atoms with Crippen LogP contribution >= 0.6 is 0 Å². The highest BCUT2D eigenvalue weighted by atomic mass is 16.5. The van der Waals surface area contributed by atoms with Gasteiger partial charge in [0.25, 0.3) is 17.7 Å². The summed E-state index contributed by atoms with van der Waals surface area (Å²) in [6, 6.07) is 11.4. The minimum Gasteiger partial charge on any atom is -0.497 e. The van der Waals surface area contributed by atoms with Crippen molar-refractivity contribution >= 4 is 17.7 Å². The number of ether oxygens (including phenoxy) is 3. The summed E-state index contributed by atoms with van der Waals surface area (Å²) in [6.45, 7) is 0.353. The van der Waals surface area contributed by atoms with Crippen molar-refractivity contribution in [3.05, 3.63) is 53.6 Å². The van der Waals surface area contributed by atoms with Crippen molar-refractivity contribution in [1.29, 1.82) is 0 Å². The van der Waals surface area contributed by atoms with Gasteiger partial charge in [-0.05, 0) is 42.5 Å². The largest absolute Gasteiger partial charge is 0.497 e. The Balaban J connectivity index is 1.83. The number of methoxy groups -OCH3 is 2. The Kier molecular flexibility index (Phi) is 8.49. The Hall–Kier alpha value is -3.75. The fraction of sp³-hybridized carbons (Fsp3) is 0.286. The first kappa shape index (κ1) is 22.5. The number of hydrogen-bond donors (Lipinski definition) is 3. The van der Waals surface area contributed by atoms with Crippen LogP contribution in [-0.4, -0.2) is 58.7 Å². The third kappa shape index (κ3) is 6.40. The van der Waals surface area contributed by atoms with Crippen LogP contribution in [0.4, 0.5) is 0 Å². The minimum atomic E-state index is -0.329. The lowest BCUT2D eigenvalue weighted by molar-refractivity contribution is -0.122. The van der Waals surface area contributed by atoms with Gasteiger partial charge in [-0.2, -0.15) is 0 Å². The average molecular weight is 415 g/mol. The first-order chi connectivity index (χ1) is 14.5. The molecule has 9 nitrogen and oxygen atoms in total. The van der Waals surface area contributed by atoms with E-state index in [1.165, 1.54) is 20.2 Å². The first-order valence-corrected chi connectivity index (χ1v) is 9.20. The number of carbonyl (C=O) groups excluding carboxylic acids is 3. The second kappa shape index (κ2) is 11.3. The van der Waals surface area contributed by atoms with E-state index in [9.17, 15) is 14.4 Å². The predicted molar refractivity (Wildman–Crippen MR) is 110 cm³/mol. The van der Waals surface area contributed by atoms with Gasteiger partial charge < -0.3 is 30.2 Å². The third-order valence-corrected chi connectivity index (χ3v) is 4.11. The van der Waals surface area contributed by atoms with Crippen LogP contribution in [0.3, 0.4) is 0 Å². The van der Waals surface area contributed by atoms with E-state index in [1.807, 2.05) is 0 Å². The number of amides is 3. The van der Waals surface area contributed by atoms with Crippen molar-refractivity contribution in [3.63, 3.8) is 0 Å². The van der Waals surface area contributed by atoms with E-state index in [4.69, 9.17) is 14.2 Å². The van der Waals surface area contributed by atoms with Gasteiger partial charge in [0.05, 0.1) is 14.2 Å². The molecule has 2 rings (SSSR count).